The molecule has 0 bridgehead atoms. The SMILES string of the molecule is C[C@H](N[S@](=O)C(C)(C)C)c1cnc(-c2ccc(C(F)F)cc2)s1. The van der Waals surface area contributed by atoms with Crippen molar-refractivity contribution in [3.63, 3.8) is 0 Å². The normalized spacial score (nSPS) is 14.9. The molecule has 1 heterocycles. The quantitative estimate of drug-likeness (QED) is 0.829. The summed E-state index contributed by atoms with van der Waals surface area (Å²) < 4.78 is 40.0. The standard InChI is InChI=1S/C16H20F2N2OS2/c1-10(20-23(21)16(2,3)4)13-9-19-15(22-13)12-7-5-11(6-8-12)14(17)18/h5-10,14,20H,1-4H3/t10-,23+/m0/s1. The highest BCUT2D eigenvalue weighted by Crippen LogP contribution is 2.30. The maximum Gasteiger partial charge on any atom is 0.263 e. The Labute approximate surface area is 141 Å². The first kappa shape index (κ1) is 18.2. The Morgan fingerprint density at radius 1 is 1.22 bits per heavy atom. The summed E-state index contributed by atoms with van der Waals surface area (Å²) in [5, 5.41) is 0.760. The van der Waals surface area contributed by atoms with Crippen molar-refractivity contribution in [1.82, 2.24) is 9.71 Å². The van der Waals surface area contributed by atoms with E-state index in [9.17, 15) is 13.0 Å². The number of benzene rings is 1. The van der Waals surface area contributed by atoms with Gasteiger partial charge in [-0.25, -0.2) is 22.7 Å². The number of aromatic nitrogens is 1. The van der Waals surface area contributed by atoms with Crippen LogP contribution in [0, 0.1) is 0 Å². The molecule has 0 spiro atoms. The Morgan fingerprint density at radius 3 is 2.35 bits per heavy atom. The molecule has 0 saturated heterocycles. The van der Waals surface area contributed by atoms with E-state index in [0.29, 0.717) is 0 Å². The van der Waals surface area contributed by atoms with Gasteiger partial charge in [0.25, 0.3) is 6.43 Å². The molecule has 1 aromatic heterocycles. The molecule has 0 aliphatic rings. The highest BCUT2D eigenvalue weighted by atomic mass is 32.2. The summed E-state index contributed by atoms with van der Waals surface area (Å²) in [5.74, 6) is 0. The lowest BCUT2D eigenvalue weighted by atomic mass is 10.1. The Balaban J connectivity index is 2.12. The van der Waals surface area contributed by atoms with Crippen molar-refractivity contribution in [2.24, 2.45) is 0 Å². The molecule has 7 heteroatoms. The molecule has 1 N–H and O–H groups in total. The molecule has 0 radical (unpaired) electrons. The fraction of sp³-hybridized carbons (Fsp3) is 0.438. The van der Waals surface area contributed by atoms with Gasteiger partial charge in [-0.2, -0.15) is 0 Å². The van der Waals surface area contributed by atoms with Crippen molar-refractivity contribution >= 4 is 22.3 Å². The summed E-state index contributed by atoms with van der Waals surface area (Å²) in [6.07, 6.45) is -0.731. The lowest BCUT2D eigenvalue weighted by Crippen LogP contribution is -2.34. The van der Waals surface area contributed by atoms with E-state index in [1.807, 2.05) is 27.7 Å². The first-order valence-corrected chi connectivity index (χ1v) is 9.17. The van der Waals surface area contributed by atoms with Crippen molar-refractivity contribution < 1.29 is 13.0 Å². The second-order valence-corrected chi connectivity index (χ2v) is 9.27. The number of hydrogen-bond donors (Lipinski definition) is 1. The van der Waals surface area contributed by atoms with Gasteiger partial charge in [-0.1, -0.05) is 24.3 Å². The van der Waals surface area contributed by atoms with E-state index in [4.69, 9.17) is 0 Å². The molecular formula is C16H20F2N2OS2. The molecule has 0 aliphatic heterocycles. The third-order valence-electron chi connectivity index (χ3n) is 3.20. The number of rotatable bonds is 5. The molecule has 126 valence electrons. The van der Waals surface area contributed by atoms with Crippen LogP contribution in [0.2, 0.25) is 0 Å². The van der Waals surface area contributed by atoms with Gasteiger partial charge in [0.15, 0.2) is 0 Å². The van der Waals surface area contributed by atoms with Crippen LogP contribution in [0.4, 0.5) is 8.78 Å². The van der Waals surface area contributed by atoms with Crippen LogP contribution in [0.5, 0.6) is 0 Å². The Morgan fingerprint density at radius 2 is 1.83 bits per heavy atom. The first-order chi connectivity index (χ1) is 10.7. The van der Waals surface area contributed by atoms with E-state index in [0.717, 1.165) is 15.4 Å². The third-order valence-corrected chi connectivity index (χ3v) is 6.11. The topological polar surface area (TPSA) is 42.0 Å². The van der Waals surface area contributed by atoms with Gasteiger partial charge < -0.3 is 0 Å². The number of nitrogens with one attached hydrogen (secondary N) is 1. The molecule has 2 aromatic rings. The summed E-state index contributed by atoms with van der Waals surface area (Å²) in [7, 11) is -1.17. The summed E-state index contributed by atoms with van der Waals surface area (Å²) in [6.45, 7) is 7.66. The largest absolute Gasteiger partial charge is 0.263 e. The van der Waals surface area contributed by atoms with Crippen LogP contribution < -0.4 is 4.72 Å². The number of thiazole rings is 1. The van der Waals surface area contributed by atoms with Gasteiger partial charge in [0.1, 0.15) is 5.01 Å². The van der Waals surface area contributed by atoms with E-state index in [1.165, 1.54) is 23.5 Å². The Hall–Kier alpha value is -1.18. The van der Waals surface area contributed by atoms with Crippen molar-refractivity contribution in [2.45, 2.75) is 44.9 Å². The molecule has 2 atom stereocenters. The molecular weight excluding hydrogens is 338 g/mol. The van der Waals surface area contributed by atoms with Crippen molar-refractivity contribution in [1.29, 1.82) is 0 Å². The van der Waals surface area contributed by atoms with Crippen molar-refractivity contribution in [2.75, 3.05) is 0 Å². The molecule has 2 rings (SSSR count). The van der Waals surface area contributed by atoms with E-state index in [1.54, 1.807) is 18.3 Å². The second-order valence-electron chi connectivity index (χ2n) is 6.21. The van der Waals surface area contributed by atoms with Gasteiger partial charge in [0.05, 0.1) is 21.8 Å². The second kappa shape index (κ2) is 7.15. The zero-order valence-corrected chi connectivity index (χ0v) is 15.1. The van der Waals surface area contributed by atoms with E-state index < -0.39 is 17.4 Å². The van der Waals surface area contributed by atoms with E-state index in [-0.39, 0.29) is 16.4 Å². The van der Waals surface area contributed by atoms with Gasteiger partial charge >= 0.3 is 0 Å². The minimum Gasteiger partial charge on any atom is -0.244 e. The number of hydrogen-bond acceptors (Lipinski definition) is 3. The van der Waals surface area contributed by atoms with Crippen molar-refractivity contribution in [3.8, 4) is 10.6 Å². The lowest BCUT2D eigenvalue weighted by molar-refractivity contribution is 0.151. The minimum atomic E-state index is -2.47. The lowest BCUT2D eigenvalue weighted by Gasteiger charge is -2.21. The average molecular weight is 358 g/mol. The number of halogens is 2. The van der Waals surface area contributed by atoms with Crippen molar-refractivity contribution in [3.05, 3.63) is 40.9 Å². The smallest absolute Gasteiger partial charge is 0.244 e. The Kier molecular flexibility index (Phi) is 5.65. The molecule has 0 aliphatic carbocycles. The molecule has 1 aromatic carbocycles. The molecule has 0 unspecified atom stereocenters. The van der Waals surface area contributed by atoms with Gasteiger partial charge in [-0.05, 0) is 27.7 Å². The van der Waals surface area contributed by atoms with E-state index in [2.05, 4.69) is 9.71 Å². The van der Waals surface area contributed by atoms with Crippen LogP contribution in [0.25, 0.3) is 10.6 Å². The third kappa shape index (κ3) is 4.65. The molecule has 0 amide bonds. The van der Waals surface area contributed by atoms with Crippen LogP contribution in [-0.4, -0.2) is 13.9 Å². The fourth-order valence-electron chi connectivity index (χ4n) is 1.79. The van der Waals surface area contributed by atoms with Crippen LogP contribution in [0.1, 0.15) is 50.6 Å². The maximum atomic E-state index is 12.6. The summed E-state index contributed by atoms with van der Waals surface area (Å²) in [6, 6.07) is 6.03. The van der Waals surface area contributed by atoms with Gasteiger partial charge in [-0.15, -0.1) is 11.3 Å². The summed E-state index contributed by atoms with van der Waals surface area (Å²) in [4.78, 5) is 5.30. The number of nitrogens with zero attached hydrogens (tertiary/aromatic N) is 1. The Bertz CT molecular complexity index is 678. The molecule has 0 fully saturated rings. The van der Waals surface area contributed by atoms with Crippen LogP contribution in [-0.2, 0) is 11.0 Å². The zero-order chi connectivity index (χ0) is 17.2. The maximum absolute atomic E-state index is 12.6. The zero-order valence-electron chi connectivity index (χ0n) is 13.5. The van der Waals surface area contributed by atoms with Crippen LogP contribution in [0.3, 0.4) is 0 Å². The first-order valence-electron chi connectivity index (χ1n) is 7.20. The predicted molar refractivity (Wildman–Crippen MR) is 92.0 cm³/mol. The highest BCUT2D eigenvalue weighted by molar-refractivity contribution is 7.84. The van der Waals surface area contributed by atoms with Gasteiger partial charge in [-0.3, -0.25) is 0 Å². The monoisotopic (exact) mass is 358 g/mol. The summed E-state index contributed by atoms with van der Waals surface area (Å²) in [5.41, 5.74) is 0.802. The van der Waals surface area contributed by atoms with Gasteiger partial charge in [0.2, 0.25) is 0 Å². The highest BCUT2D eigenvalue weighted by Gasteiger charge is 2.22. The van der Waals surface area contributed by atoms with E-state index >= 15 is 0 Å². The fourth-order valence-corrected chi connectivity index (χ4v) is 3.59. The molecule has 23 heavy (non-hydrogen) atoms. The summed E-state index contributed by atoms with van der Waals surface area (Å²) >= 11 is 1.47. The van der Waals surface area contributed by atoms with Gasteiger partial charge in [0, 0.05) is 22.2 Å². The van der Waals surface area contributed by atoms with Crippen LogP contribution in [0.15, 0.2) is 30.5 Å². The average Bonchev–Trinajstić information content (AvgIpc) is 2.96. The minimum absolute atomic E-state index is 0.00105. The predicted octanol–water partition coefficient (Wildman–Crippen LogP) is 4.86. The molecule has 3 nitrogen and oxygen atoms in total. The molecule has 0 saturated carbocycles. The number of alkyl halides is 2. The van der Waals surface area contributed by atoms with Crippen LogP contribution >= 0.6 is 11.3 Å².